The molecule has 1 aromatic heterocycles. The summed E-state index contributed by atoms with van der Waals surface area (Å²) >= 11 is 1.66. The predicted molar refractivity (Wildman–Crippen MR) is 74.0 cm³/mol. The monoisotopic (exact) mass is 273 g/mol. The van der Waals surface area contributed by atoms with Crippen molar-refractivity contribution in [2.45, 2.75) is 25.5 Å². The van der Waals surface area contributed by atoms with Crippen molar-refractivity contribution >= 4 is 11.3 Å². The smallest absolute Gasteiger partial charge is 0.0980 e. The summed E-state index contributed by atoms with van der Waals surface area (Å²) in [6.07, 6.45) is 0.854. The van der Waals surface area contributed by atoms with E-state index in [4.69, 9.17) is 19.9 Å². The van der Waals surface area contributed by atoms with E-state index in [1.807, 2.05) is 12.3 Å². The molecular formula is C13H23NO3S. The van der Waals surface area contributed by atoms with Crippen molar-refractivity contribution in [3.8, 4) is 0 Å². The minimum Gasteiger partial charge on any atom is -0.382 e. The number of hydrogen-bond acceptors (Lipinski definition) is 5. The summed E-state index contributed by atoms with van der Waals surface area (Å²) in [6.45, 7) is 4.60. The van der Waals surface area contributed by atoms with Crippen LogP contribution in [0.1, 0.15) is 25.0 Å². The summed E-state index contributed by atoms with van der Waals surface area (Å²) in [4.78, 5) is 0. The number of ether oxygens (including phenoxy) is 3. The highest BCUT2D eigenvalue weighted by Gasteiger charge is 2.16. The maximum absolute atomic E-state index is 5.94. The highest BCUT2D eigenvalue weighted by atomic mass is 32.1. The van der Waals surface area contributed by atoms with Crippen LogP contribution in [0.25, 0.3) is 0 Å². The van der Waals surface area contributed by atoms with Crippen LogP contribution in [-0.4, -0.2) is 39.6 Å². The van der Waals surface area contributed by atoms with Gasteiger partial charge in [0, 0.05) is 26.4 Å². The molecular weight excluding hydrogens is 250 g/mol. The number of thiophene rings is 1. The molecule has 0 fully saturated rings. The Kier molecular flexibility index (Phi) is 8.20. The summed E-state index contributed by atoms with van der Waals surface area (Å²) in [6, 6.07) is 2.06. The van der Waals surface area contributed by atoms with Gasteiger partial charge in [-0.2, -0.15) is 11.3 Å². The molecule has 1 aromatic rings. The fourth-order valence-corrected chi connectivity index (χ4v) is 2.29. The molecule has 0 aliphatic heterocycles. The van der Waals surface area contributed by atoms with Crippen LogP contribution in [0.2, 0.25) is 0 Å². The summed E-state index contributed by atoms with van der Waals surface area (Å²) in [7, 11) is 1.67. The maximum atomic E-state index is 5.94. The maximum Gasteiger partial charge on any atom is 0.0980 e. The first-order valence-electron chi connectivity index (χ1n) is 6.21. The highest BCUT2D eigenvalue weighted by molar-refractivity contribution is 7.07. The van der Waals surface area contributed by atoms with Gasteiger partial charge in [-0.1, -0.05) is 0 Å². The highest BCUT2D eigenvalue weighted by Crippen LogP contribution is 2.22. The van der Waals surface area contributed by atoms with Gasteiger partial charge >= 0.3 is 0 Å². The first-order valence-corrected chi connectivity index (χ1v) is 7.16. The lowest BCUT2D eigenvalue weighted by Crippen LogP contribution is -2.27. The first kappa shape index (κ1) is 15.6. The van der Waals surface area contributed by atoms with Crippen molar-refractivity contribution in [3.63, 3.8) is 0 Å². The van der Waals surface area contributed by atoms with Crippen LogP contribution in [0.3, 0.4) is 0 Å². The van der Waals surface area contributed by atoms with Crippen molar-refractivity contribution in [2.75, 3.05) is 33.5 Å². The van der Waals surface area contributed by atoms with Gasteiger partial charge in [-0.05, 0) is 35.7 Å². The molecule has 2 unspecified atom stereocenters. The molecule has 0 saturated heterocycles. The Hall–Kier alpha value is -0.460. The van der Waals surface area contributed by atoms with Crippen molar-refractivity contribution in [2.24, 2.45) is 5.73 Å². The Morgan fingerprint density at radius 1 is 1.28 bits per heavy atom. The van der Waals surface area contributed by atoms with Gasteiger partial charge in [0.05, 0.1) is 19.3 Å². The Morgan fingerprint density at radius 3 is 2.72 bits per heavy atom. The third kappa shape index (κ3) is 5.93. The van der Waals surface area contributed by atoms with Crippen LogP contribution in [-0.2, 0) is 14.2 Å². The molecule has 0 aromatic carbocycles. The van der Waals surface area contributed by atoms with Crippen LogP contribution in [0.5, 0.6) is 0 Å². The number of nitrogens with two attached hydrogens (primary N) is 1. The van der Waals surface area contributed by atoms with Crippen molar-refractivity contribution < 1.29 is 14.2 Å². The Balaban J connectivity index is 2.15. The zero-order valence-electron chi connectivity index (χ0n) is 11.1. The van der Waals surface area contributed by atoms with Gasteiger partial charge in [0.2, 0.25) is 0 Å². The van der Waals surface area contributed by atoms with Gasteiger partial charge in [0.25, 0.3) is 0 Å². The van der Waals surface area contributed by atoms with Crippen LogP contribution in [0, 0.1) is 0 Å². The Morgan fingerprint density at radius 2 is 2.11 bits per heavy atom. The SMILES string of the molecule is COCCOCCCOC(c1ccsc1)C(C)N. The third-order valence-corrected chi connectivity index (χ3v) is 3.21. The van der Waals surface area contributed by atoms with Gasteiger partial charge in [-0.3, -0.25) is 0 Å². The average Bonchev–Trinajstić information content (AvgIpc) is 2.85. The minimum absolute atomic E-state index is 0.00555. The molecule has 0 bridgehead atoms. The van der Waals surface area contributed by atoms with Crippen LogP contribution < -0.4 is 5.73 Å². The van der Waals surface area contributed by atoms with E-state index < -0.39 is 0 Å². The molecule has 5 heteroatoms. The molecule has 18 heavy (non-hydrogen) atoms. The Bertz CT molecular complexity index is 290. The largest absolute Gasteiger partial charge is 0.382 e. The van der Waals surface area contributed by atoms with Crippen molar-refractivity contribution in [1.29, 1.82) is 0 Å². The fraction of sp³-hybridized carbons (Fsp3) is 0.692. The van der Waals surface area contributed by atoms with E-state index in [9.17, 15) is 0 Å². The summed E-state index contributed by atoms with van der Waals surface area (Å²) in [5.74, 6) is 0. The van der Waals surface area contributed by atoms with Crippen LogP contribution in [0.15, 0.2) is 16.8 Å². The number of rotatable bonds is 10. The van der Waals surface area contributed by atoms with E-state index in [1.165, 1.54) is 0 Å². The van der Waals surface area contributed by atoms with Crippen molar-refractivity contribution in [1.82, 2.24) is 0 Å². The van der Waals surface area contributed by atoms with Gasteiger partial charge in [0.15, 0.2) is 0 Å². The third-order valence-electron chi connectivity index (χ3n) is 2.51. The zero-order valence-corrected chi connectivity index (χ0v) is 11.9. The van der Waals surface area contributed by atoms with Crippen molar-refractivity contribution in [3.05, 3.63) is 22.4 Å². The molecule has 0 radical (unpaired) electrons. The van der Waals surface area contributed by atoms with Gasteiger partial charge in [-0.15, -0.1) is 0 Å². The zero-order chi connectivity index (χ0) is 13.2. The molecule has 1 rings (SSSR count). The van der Waals surface area contributed by atoms with Gasteiger partial charge < -0.3 is 19.9 Å². The van der Waals surface area contributed by atoms with Crippen LogP contribution in [0.4, 0.5) is 0 Å². The molecule has 2 N–H and O–H groups in total. The second kappa shape index (κ2) is 9.47. The quantitative estimate of drug-likeness (QED) is 0.664. The normalized spacial score (nSPS) is 14.6. The molecule has 1 heterocycles. The lowest BCUT2D eigenvalue weighted by atomic mass is 10.1. The molecule has 0 spiro atoms. The molecule has 104 valence electrons. The molecule has 2 atom stereocenters. The number of methoxy groups -OCH3 is 1. The topological polar surface area (TPSA) is 53.7 Å². The molecule has 0 saturated carbocycles. The summed E-state index contributed by atoms with van der Waals surface area (Å²) in [5.41, 5.74) is 7.10. The molecule has 0 aliphatic rings. The van der Waals surface area contributed by atoms with Gasteiger partial charge in [-0.25, -0.2) is 0 Å². The number of hydrogen-bond donors (Lipinski definition) is 1. The van der Waals surface area contributed by atoms with Crippen LogP contribution >= 0.6 is 11.3 Å². The van der Waals surface area contributed by atoms with E-state index in [-0.39, 0.29) is 12.1 Å². The first-order chi connectivity index (χ1) is 8.75. The Labute approximate surface area is 113 Å². The van der Waals surface area contributed by atoms with E-state index in [0.29, 0.717) is 26.4 Å². The van der Waals surface area contributed by atoms with E-state index in [2.05, 4.69) is 11.4 Å². The fourth-order valence-electron chi connectivity index (χ4n) is 1.60. The van der Waals surface area contributed by atoms with E-state index in [0.717, 1.165) is 12.0 Å². The predicted octanol–water partition coefficient (Wildman–Crippen LogP) is 2.21. The summed E-state index contributed by atoms with van der Waals surface area (Å²) < 4.78 is 16.1. The molecule has 0 aliphatic carbocycles. The second-order valence-corrected chi connectivity index (χ2v) is 4.95. The van der Waals surface area contributed by atoms with Gasteiger partial charge in [0.1, 0.15) is 0 Å². The summed E-state index contributed by atoms with van der Waals surface area (Å²) in [5, 5.41) is 4.13. The lowest BCUT2D eigenvalue weighted by Gasteiger charge is -2.20. The van der Waals surface area contributed by atoms with E-state index >= 15 is 0 Å². The lowest BCUT2D eigenvalue weighted by molar-refractivity contribution is 0.0145. The minimum atomic E-state index is -0.0183. The van der Waals surface area contributed by atoms with E-state index in [1.54, 1.807) is 18.4 Å². The standard InChI is InChI=1S/C13H23NO3S/c1-11(14)13(12-4-9-18-10-12)17-6-3-5-16-8-7-15-2/h4,9-11,13H,3,5-8,14H2,1-2H3. The second-order valence-electron chi connectivity index (χ2n) is 4.17. The molecule has 0 amide bonds. The average molecular weight is 273 g/mol. The molecule has 4 nitrogen and oxygen atoms in total.